The number of H-pyrrole nitrogens is 1. The van der Waals surface area contributed by atoms with Crippen molar-refractivity contribution >= 4 is 17.0 Å². The molecule has 17 heavy (non-hydrogen) atoms. The topological polar surface area (TPSA) is 96.7 Å². The van der Waals surface area contributed by atoms with Gasteiger partial charge in [-0.05, 0) is 6.07 Å². The van der Waals surface area contributed by atoms with Crippen LogP contribution in [0.4, 0.5) is 0 Å². The molecule has 0 aliphatic carbocycles. The van der Waals surface area contributed by atoms with E-state index in [9.17, 15) is 4.79 Å². The van der Waals surface area contributed by atoms with Gasteiger partial charge in [0.1, 0.15) is 24.0 Å². The Balaban J connectivity index is 2.29. The van der Waals surface area contributed by atoms with Crippen molar-refractivity contribution in [3.05, 3.63) is 36.8 Å². The number of carboxylic acid groups (broad SMARTS) is 1. The number of carboxylic acids is 1. The second-order valence-corrected chi connectivity index (χ2v) is 3.42. The van der Waals surface area contributed by atoms with Gasteiger partial charge >= 0.3 is 5.97 Å². The lowest BCUT2D eigenvalue weighted by molar-refractivity contribution is 0.0691. The molecule has 0 bridgehead atoms. The highest BCUT2D eigenvalue weighted by molar-refractivity contribution is 5.94. The summed E-state index contributed by atoms with van der Waals surface area (Å²) in [5, 5.41) is 9.55. The predicted octanol–water partition coefficient (Wildman–Crippen LogP) is 0.842. The van der Waals surface area contributed by atoms with E-state index in [4.69, 9.17) is 5.11 Å². The minimum Gasteiger partial charge on any atom is -0.477 e. The monoisotopic (exact) mass is 229 g/mol. The molecule has 0 amide bonds. The number of nitrogens with one attached hydrogen (secondary N) is 1. The van der Waals surface area contributed by atoms with E-state index in [0.717, 1.165) is 0 Å². The normalized spacial score (nSPS) is 10.8. The number of aromatic nitrogens is 5. The first-order valence-corrected chi connectivity index (χ1v) is 4.81. The number of nitrogens with zero attached hydrogens (tertiary/aromatic N) is 4. The van der Waals surface area contributed by atoms with Gasteiger partial charge in [-0.1, -0.05) is 0 Å². The Morgan fingerprint density at radius 3 is 3.00 bits per heavy atom. The van der Waals surface area contributed by atoms with Gasteiger partial charge in [0.2, 0.25) is 0 Å². The van der Waals surface area contributed by atoms with Crippen molar-refractivity contribution in [1.82, 2.24) is 24.5 Å². The van der Waals surface area contributed by atoms with Crippen LogP contribution >= 0.6 is 0 Å². The van der Waals surface area contributed by atoms with E-state index >= 15 is 0 Å². The molecule has 0 fully saturated rings. The first-order chi connectivity index (χ1) is 8.25. The van der Waals surface area contributed by atoms with Crippen molar-refractivity contribution in [2.45, 2.75) is 0 Å². The summed E-state index contributed by atoms with van der Waals surface area (Å²) in [6.07, 6.45) is 6.32. The van der Waals surface area contributed by atoms with Crippen molar-refractivity contribution in [3.8, 4) is 5.82 Å². The third-order valence-corrected chi connectivity index (χ3v) is 2.38. The fraction of sp³-hybridized carbons (Fsp3) is 0. The molecule has 0 saturated carbocycles. The van der Waals surface area contributed by atoms with E-state index < -0.39 is 5.97 Å². The van der Waals surface area contributed by atoms with Gasteiger partial charge in [-0.25, -0.2) is 19.7 Å². The van der Waals surface area contributed by atoms with E-state index in [1.807, 2.05) is 0 Å². The Morgan fingerprint density at radius 1 is 1.41 bits per heavy atom. The summed E-state index contributed by atoms with van der Waals surface area (Å²) < 4.78 is 1.70. The summed E-state index contributed by atoms with van der Waals surface area (Å²) in [5.41, 5.74) is 0.572. The third kappa shape index (κ3) is 1.44. The minimum absolute atomic E-state index is 0.0851. The highest BCUT2D eigenvalue weighted by Gasteiger charge is 2.12. The molecule has 3 rings (SSSR count). The number of aromatic amines is 1. The molecule has 7 nitrogen and oxygen atoms in total. The lowest BCUT2D eigenvalue weighted by Gasteiger charge is -2.00. The minimum atomic E-state index is -1.03. The highest BCUT2D eigenvalue weighted by atomic mass is 16.4. The average Bonchev–Trinajstić information content (AvgIpc) is 2.97. The third-order valence-electron chi connectivity index (χ3n) is 2.38. The maximum Gasteiger partial charge on any atom is 0.352 e. The average molecular weight is 229 g/mol. The molecule has 0 aromatic carbocycles. The van der Waals surface area contributed by atoms with Crippen LogP contribution in [0.3, 0.4) is 0 Å². The lowest BCUT2D eigenvalue weighted by Crippen LogP contribution is -1.95. The summed E-state index contributed by atoms with van der Waals surface area (Å²) in [4.78, 5) is 25.6. The molecule has 0 atom stereocenters. The van der Waals surface area contributed by atoms with Crippen LogP contribution in [0.2, 0.25) is 0 Å². The molecular formula is C10H7N5O2. The van der Waals surface area contributed by atoms with Crippen LogP contribution in [0.15, 0.2) is 31.1 Å². The molecule has 0 aliphatic heterocycles. The molecule has 0 radical (unpaired) electrons. The van der Waals surface area contributed by atoms with E-state index in [-0.39, 0.29) is 5.69 Å². The van der Waals surface area contributed by atoms with Crippen LogP contribution in [0, 0.1) is 0 Å². The summed E-state index contributed by atoms with van der Waals surface area (Å²) in [6.45, 7) is 0. The first-order valence-electron chi connectivity index (χ1n) is 4.81. The van der Waals surface area contributed by atoms with Gasteiger partial charge in [0.15, 0.2) is 5.82 Å². The van der Waals surface area contributed by atoms with Crippen LogP contribution in [-0.2, 0) is 0 Å². The van der Waals surface area contributed by atoms with Gasteiger partial charge < -0.3 is 10.1 Å². The van der Waals surface area contributed by atoms with Gasteiger partial charge in [-0.3, -0.25) is 4.57 Å². The zero-order valence-corrected chi connectivity index (χ0v) is 8.53. The Morgan fingerprint density at radius 2 is 2.29 bits per heavy atom. The van der Waals surface area contributed by atoms with E-state index in [1.54, 1.807) is 23.3 Å². The van der Waals surface area contributed by atoms with Crippen LogP contribution in [0.1, 0.15) is 10.5 Å². The van der Waals surface area contributed by atoms with Crippen molar-refractivity contribution in [3.63, 3.8) is 0 Å². The number of rotatable bonds is 2. The van der Waals surface area contributed by atoms with Gasteiger partial charge in [0, 0.05) is 12.4 Å². The Hall–Kier alpha value is -2.70. The molecule has 84 valence electrons. The van der Waals surface area contributed by atoms with Crippen molar-refractivity contribution in [1.29, 1.82) is 0 Å². The molecule has 2 N–H and O–H groups in total. The van der Waals surface area contributed by atoms with E-state index in [0.29, 0.717) is 16.9 Å². The second kappa shape index (κ2) is 3.41. The molecule has 0 unspecified atom stereocenters. The summed E-state index contributed by atoms with van der Waals surface area (Å²) in [5.74, 6) is -0.434. The molecule has 3 aromatic heterocycles. The van der Waals surface area contributed by atoms with Crippen LogP contribution in [0.25, 0.3) is 16.9 Å². The molecule has 3 heterocycles. The number of hydrogen-bond donors (Lipinski definition) is 2. The summed E-state index contributed by atoms with van der Waals surface area (Å²) >= 11 is 0. The number of hydrogen-bond acceptors (Lipinski definition) is 4. The quantitative estimate of drug-likeness (QED) is 0.678. The largest absolute Gasteiger partial charge is 0.477 e. The molecule has 7 heteroatoms. The highest BCUT2D eigenvalue weighted by Crippen LogP contribution is 2.19. The van der Waals surface area contributed by atoms with Gasteiger partial charge in [0.05, 0.1) is 5.39 Å². The SMILES string of the molecule is O=C(O)c1cc2c(-n3ccnc3)ncnc2[nH]1. The van der Waals surface area contributed by atoms with E-state index in [2.05, 4.69) is 19.9 Å². The first kappa shape index (κ1) is 9.52. The van der Waals surface area contributed by atoms with Crippen LogP contribution in [-0.4, -0.2) is 35.6 Å². The van der Waals surface area contributed by atoms with Crippen LogP contribution < -0.4 is 0 Å². The number of aromatic carboxylic acids is 1. The predicted molar refractivity (Wildman–Crippen MR) is 58.0 cm³/mol. The van der Waals surface area contributed by atoms with E-state index in [1.165, 1.54) is 12.4 Å². The summed E-state index contributed by atoms with van der Waals surface area (Å²) in [6, 6.07) is 1.51. The Labute approximate surface area is 94.8 Å². The number of carbonyl (C=O) groups is 1. The van der Waals surface area contributed by atoms with Crippen molar-refractivity contribution in [2.24, 2.45) is 0 Å². The van der Waals surface area contributed by atoms with Gasteiger partial charge in [0.25, 0.3) is 0 Å². The summed E-state index contributed by atoms with van der Waals surface area (Å²) in [7, 11) is 0. The molecule has 0 spiro atoms. The lowest BCUT2D eigenvalue weighted by atomic mass is 10.3. The zero-order valence-electron chi connectivity index (χ0n) is 8.53. The molecular weight excluding hydrogens is 222 g/mol. The van der Waals surface area contributed by atoms with Crippen molar-refractivity contribution < 1.29 is 9.90 Å². The van der Waals surface area contributed by atoms with Gasteiger partial charge in [-0.2, -0.15) is 0 Å². The van der Waals surface area contributed by atoms with Crippen molar-refractivity contribution in [2.75, 3.05) is 0 Å². The Kier molecular flexibility index (Phi) is 1.91. The maximum atomic E-state index is 10.9. The number of imidazole rings is 1. The zero-order chi connectivity index (χ0) is 11.8. The van der Waals surface area contributed by atoms with Gasteiger partial charge in [-0.15, -0.1) is 0 Å². The fourth-order valence-electron chi connectivity index (χ4n) is 1.63. The number of fused-ring (bicyclic) bond motifs is 1. The Bertz CT molecular complexity index is 686. The smallest absolute Gasteiger partial charge is 0.352 e. The molecule has 0 saturated heterocycles. The van der Waals surface area contributed by atoms with Crippen LogP contribution in [0.5, 0.6) is 0 Å². The molecule has 3 aromatic rings. The second-order valence-electron chi connectivity index (χ2n) is 3.42. The maximum absolute atomic E-state index is 10.9. The fourth-order valence-corrected chi connectivity index (χ4v) is 1.63. The standard InChI is InChI=1S/C10H7N5O2/c16-10(17)7-3-6-8(14-7)12-4-13-9(6)15-2-1-11-5-15/h1-5H,(H,16,17)(H,12,13,14). The molecule has 0 aliphatic rings.